The van der Waals surface area contributed by atoms with Crippen molar-refractivity contribution in [2.24, 2.45) is 11.8 Å². The molecule has 0 aliphatic heterocycles. The highest BCUT2D eigenvalue weighted by molar-refractivity contribution is 5.62. The number of benzene rings is 1. The zero-order chi connectivity index (χ0) is 13.1. The molecule has 2 unspecified atom stereocenters. The number of anilines is 2. The summed E-state index contributed by atoms with van der Waals surface area (Å²) in [5, 5.41) is 0. The van der Waals surface area contributed by atoms with Crippen molar-refractivity contribution in [3.05, 3.63) is 18.2 Å². The van der Waals surface area contributed by atoms with Crippen LogP contribution in [0, 0.1) is 11.8 Å². The third-order valence-electron chi connectivity index (χ3n) is 3.68. The van der Waals surface area contributed by atoms with Gasteiger partial charge in [-0.3, -0.25) is 0 Å². The second-order valence-electron chi connectivity index (χ2n) is 5.42. The molecule has 18 heavy (non-hydrogen) atoms. The Hall–Kier alpha value is -1.38. The van der Waals surface area contributed by atoms with Crippen molar-refractivity contribution in [1.29, 1.82) is 0 Å². The number of nitrogens with zero attached hydrogens (tertiary/aromatic N) is 1. The molecule has 0 radical (unpaired) electrons. The smallest absolute Gasteiger partial charge is 0.144 e. The van der Waals surface area contributed by atoms with Crippen LogP contribution in [0.25, 0.3) is 0 Å². The Kier molecular flexibility index (Phi) is 4.00. The standard InChI is InChI=1S/C15H24N2O/c1-4-7-18-15-9-13(5-6-14(15)16)17(3)10-12-8-11(12)2/h5-6,9,11-12H,4,7-8,10,16H2,1-3H3. The van der Waals surface area contributed by atoms with Crippen LogP contribution in [-0.2, 0) is 0 Å². The fraction of sp³-hybridized carbons (Fsp3) is 0.600. The Morgan fingerprint density at radius 1 is 1.44 bits per heavy atom. The van der Waals surface area contributed by atoms with Crippen LogP contribution < -0.4 is 15.4 Å². The molecule has 3 heteroatoms. The van der Waals surface area contributed by atoms with Crippen LogP contribution >= 0.6 is 0 Å². The molecule has 1 aliphatic carbocycles. The van der Waals surface area contributed by atoms with Crippen molar-refractivity contribution in [2.45, 2.75) is 26.7 Å². The van der Waals surface area contributed by atoms with E-state index in [4.69, 9.17) is 10.5 Å². The topological polar surface area (TPSA) is 38.5 Å². The Morgan fingerprint density at radius 3 is 2.78 bits per heavy atom. The van der Waals surface area contributed by atoms with E-state index in [1.807, 2.05) is 6.07 Å². The van der Waals surface area contributed by atoms with Crippen LogP contribution in [0.1, 0.15) is 26.7 Å². The van der Waals surface area contributed by atoms with Crippen molar-refractivity contribution >= 4 is 11.4 Å². The maximum atomic E-state index is 5.92. The quantitative estimate of drug-likeness (QED) is 0.786. The molecule has 2 atom stereocenters. The highest BCUT2D eigenvalue weighted by Crippen LogP contribution is 2.39. The molecule has 0 bridgehead atoms. The van der Waals surface area contributed by atoms with E-state index in [1.165, 1.54) is 12.1 Å². The minimum absolute atomic E-state index is 0.719. The molecule has 0 spiro atoms. The van der Waals surface area contributed by atoms with E-state index in [0.717, 1.165) is 42.8 Å². The van der Waals surface area contributed by atoms with Gasteiger partial charge in [-0.25, -0.2) is 0 Å². The molecule has 1 aromatic rings. The van der Waals surface area contributed by atoms with Gasteiger partial charge in [0.15, 0.2) is 0 Å². The molecule has 1 fully saturated rings. The second kappa shape index (κ2) is 5.51. The van der Waals surface area contributed by atoms with Gasteiger partial charge < -0.3 is 15.4 Å². The first kappa shape index (κ1) is 13.1. The van der Waals surface area contributed by atoms with Crippen LogP contribution in [0.4, 0.5) is 11.4 Å². The summed E-state index contributed by atoms with van der Waals surface area (Å²) in [6.45, 7) is 6.26. The van der Waals surface area contributed by atoms with Crippen LogP contribution in [0.5, 0.6) is 5.75 Å². The van der Waals surface area contributed by atoms with Crippen LogP contribution in [-0.4, -0.2) is 20.2 Å². The fourth-order valence-corrected chi connectivity index (χ4v) is 2.21. The summed E-state index contributed by atoms with van der Waals surface area (Å²) >= 11 is 0. The van der Waals surface area contributed by atoms with Gasteiger partial charge in [0.2, 0.25) is 0 Å². The van der Waals surface area contributed by atoms with E-state index >= 15 is 0 Å². The van der Waals surface area contributed by atoms with Gasteiger partial charge in [0.25, 0.3) is 0 Å². The lowest BCUT2D eigenvalue weighted by Gasteiger charge is -2.20. The van der Waals surface area contributed by atoms with E-state index in [9.17, 15) is 0 Å². The minimum Gasteiger partial charge on any atom is -0.491 e. The Morgan fingerprint density at radius 2 is 2.17 bits per heavy atom. The van der Waals surface area contributed by atoms with E-state index in [1.54, 1.807) is 0 Å². The Bertz CT molecular complexity index is 405. The first-order valence-electron chi connectivity index (χ1n) is 6.85. The molecule has 0 heterocycles. The van der Waals surface area contributed by atoms with E-state index < -0.39 is 0 Å². The van der Waals surface area contributed by atoms with E-state index in [2.05, 4.69) is 37.9 Å². The summed E-state index contributed by atoms with van der Waals surface area (Å²) in [4.78, 5) is 2.30. The fourth-order valence-electron chi connectivity index (χ4n) is 2.21. The molecule has 1 saturated carbocycles. The lowest BCUT2D eigenvalue weighted by Crippen LogP contribution is -2.20. The highest BCUT2D eigenvalue weighted by atomic mass is 16.5. The van der Waals surface area contributed by atoms with Gasteiger partial charge in [0.1, 0.15) is 5.75 Å². The number of nitrogen functional groups attached to an aromatic ring is 1. The van der Waals surface area contributed by atoms with E-state index in [-0.39, 0.29) is 0 Å². The monoisotopic (exact) mass is 248 g/mol. The largest absolute Gasteiger partial charge is 0.491 e. The first-order chi connectivity index (χ1) is 8.61. The molecule has 1 aromatic carbocycles. The highest BCUT2D eigenvalue weighted by Gasteiger charge is 2.33. The summed E-state index contributed by atoms with van der Waals surface area (Å²) < 4.78 is 5.67. The van der Waals surface area contributed by atoms with Gasteiger partial charge in [-0.05, 0) is 36.8 Å². The Balaban J connectivity index is 2.02. The molecule has 3 nitrogen and oxygen atoms in total. The maximum Gasteiger partial charge on any atom is 0.144 e. The van der Waals surface area contributed by atoms with Gasteiger partial charge in [-0.1, -0.05) is 13.8 Å². The van der Waals surface area contributed by atoms with Crippen LogP contribution in [0.15, 0.2) is 18.2 Å². The van der Waals surface area contributed by atoms with Crippen molar-refractivity contribution in [3.8, 4) is 5.75 Å². The lowest BCUT2D eigenvalue weighted by atomic mass is 10.2. The summed E-state index contributed by atoms with van der Waals surface area (Å²) in [5.41, 5.74) is 7.83. The minimum atomic E-state index is 0.719. The number of nitrogens with two attached hydrogens (primary N) is 1. The Labute approximate surface area is 110 Å². The molecule has 0 saturated heterocycles. The van der Waals surface area contributed by atoms with Crippen molar-refractivity contribution in [2.75, 3.05) is 30.8 Å². The summed E-state index contributed by atoms with van der Waals surface area (Å²) in [5.74, 6) is 2.55. The second-order valence-corrected chi connectivity index (χ2v) is 5.42. The molecule has 0 amide bonds. The lowest BCUT2D eigenvalue weighted by molar-refractivity contribution is 0.319. The first-order valence-corrected chi connectivity index (χ1v) is 6.85. The third-order valence-corrected chi connectivity index (χ3v) is 3.68. The summed E-state index contributed by atoms with van der Waals surface area (Å²) in [7, 11) is 2.14. The average molecular weight is 248 g/mol. The average Bonchev–Trinajstić information content (AvgIpc) is 3.03. The maximum absolute atomic E-state index is 5.92. The molecule has 2 rings (SSSR count). The molecular weight excluding hydrogens is 224 g/mol. The third kappa shape index (κ3) is 3.09. The molecular formula is C15H24N2O. The van der Waals surface area contributed by atoms with Crippen molar-refractivity contribution < 1.29 is 4.74 Å². The number of rotatable bonds is 6. The number of hydrogen-bond donors (Lipinski definition) is 1. The zero-order valence-electron chi connectivity index (χ0n) is 11.6. The predicted molar refractivity (Wildman–Crippen MR) is 77.2 cm³/mol. The van der Waals surface area contributed by atoms with E-state index in [0.29, 0.717) is 0 Å². The number of ether oxygens (including phenoxy) is 1. The normalized spacial score (nSPS) is 21.7. The molecule has 2 N–H and O–H groups in total. The molecule has 0 aromatic heterocycles. The molecule has 100 valence electrons. The predicted octanol–water partition coefficient (Wildman–Crippen LogP) is 3.15. The van der Waals surface area contributed by atoms with Gasteiger partial charge >= 0.3 is 0 Å². The zero-order valence-corrected chi connectivity index (χ0v) is 11.6. The number of hydrogen-bond acceptors (Lipinski definition) is 3. The SMILES string of the molecule is CCCOc1cc(N(C)CC2CC2C)ccc1N. The van der Waals surface area contributed by atoms with Crippen molar-refractivity contribution in [1.82, 2.24) is 0 Å². The van der Waals surface area contributed by atoms with Gasteiger partial charge in [-0.15, -0.1) is 0 Å². The van der Waals surface area contributed by atoms with Gasteiger partial charge in [-0.2, -0.15) is 0 Å². The van der Waals surface area contributed by atoms with Crippen LogP contribution in [0.2, 0.25) is 0 Å². The van der Waals surface area contributed by atoms with Gasteiger partial charge in [0.05, 0.1) is 12.3 Å². The van der Waals surface area contributed by atoms with Crippen molar-refractivity contribution in [3.63, 3.8) is 0 Å². The summed E-state index contributed by atoms with van der Waals surface area (Å²) in [6.07, 6.45) is 2.36. The molecule has 1 aliphatic rings. The van der Waals surface area contributed by atoms with Gasteiger partial charge in [0, 0.05) is 25.3 Å². The van der Waals surface area contributed by atoms with Crippen LogP contribution in [0.3, 0.4) is 0 Å². The summed E-state index contributed by atoms with van der Waals surface area (Å²) in [6, 6.07) is 6.06.